The summed E-state index contributed by atoms with van der Waals surface area (Å²) in [6, 6.07) is 6.67. The van der Waals surface area contributed by atoms with Gasteiger partial charge in [-0.05, 0) is 30.0 Å². The van der Waals surface area contributed by atoms with Gasteiger partial charge in [-0.15, -0.1) is 0 Å². The highest BCUT2D eigenvalue weighted by atomic mass is 79.9. The van der Waals surface area contributed by atoms with Crippen molar-refractivity contribution in [3.8, 4) is 0 Å². The molecular formula is C16H24BrFO. The Hall–Kier alpha value is -0.410. The molecule has 1 nitrogen and oxygen atoms in total. The average molecular weight is 331 g/mol. The Morgan fingerprint density at radius 2 is 2.11 bits per heavy atom. The van der Waals surface area contributed by atoms with E-state index in [1.165, 1.54) is 25.3 Å². The van der Waals surface area contributed by atoms with Crippen molar-refractivity contribution in [2.24, 2.45) is 5.92 Å². The first-order valence-corrected chi connectivity index (χ1v) is 8.26. The minimum Gasteiger partial charge on any atom is -0.372 e. The predicted molar refractivity (Wildman–Crippen MR) is 82.2 cm³/mol. The number of hydrogen-bond donors (Lipinski definition) is 0. The second-order valence-electron chi connectivity index (χ2n) is 4.95. The van der Waals surface area contributed by atoms with Gasteiger partial charge < -0.3 is 4.74 Å². The summed E-state index contributed by atoms with van der Waals surface area (Å²) in [6.45, 7) is 5.17. The van der Waals surface area contributed by atoms with Crippen LogP contribution in [0.15, 0.2) is 24.3 Å². The van der Waals surface area contributed by atoms with Crippen molar-refractivity contribution in [1.82, 2.24) is 0 Å². The standard InChI is InChI=1S/C16H24BrFO/c1-3-5-7-13(4-2)12-19-16(11-17)14-8-6-9-15(18)10-14/h6,8-10,13,16H,3-5,7,11-12H2,1-2H3. The van der Waals surface area contributed by atoms with Crippen molar-refractivity contribution >= 4 is 15.9 Å². The first kappa shape index (κ1) is 16.6. The molecule has 0 aromatic heterocycles. The fourth-order valence-electron chi connectivity index (χ4n) is 2.09. The Bertz CT molecular complexity index is 356. The maximum Gasteiger partial charge on any atom is 0.123 e. The van der Waals surface area contributed by atoms with Gasteiger partial charge in [0.1, 0.15) is 5.82 Å². The molecule has 0 aliphatic rings. The number of unbranched alkanes of at least 4 members (excludes halogenated alkanes) is 1. The van der Waals surface area contributed by atoms with Crippen LogP contribution in [0.5, 0.6) is 0 Å². The molecule has 3 heteroatoms. The zero-order valence-corrected chi connectivity index (χ0v) is 13.5. The van der Waals surface area contributed by atoms with E-state index in [1.54, 1.807) is 12.1 Å². The van der Waals surface area contributed by atoms with Gasteiger partial charge in [0.25, 0.3) is 0 Å². The maximum atomic E-state index is 13.2. The van der Waals surface area contributed by atoms with Crippen LogP contribution in [0.1, 0.15) is 51.2 Å². The fraction of sp³-hybridized carbons (Fsp3) is 0.625. The molecule has 0 aliphatic heterocycles. The van der Waals surface area contributed by atoms with Gasteiger partial charge in [0, 0.05) is 5.33 Å². The van der Waals surface area contributed by atoms with E-state index in [0.717, 1.165) is 18.6 Å². The van der Waals surface area contributed by atoms with Crippen molar-refractivity contribution < 1.29 is 9.13 Å². The third-order valence-electron chi connectivity index (χ3n) is 3.44. The van der Waals surface area contributed by atoms with Gasteiger partial charge in [0.05, 0.1) is 12.7 Å². The Morgan fingerprint density at radius 3 is 2.68 bits per heavy atom. The molecule has 0 radical (unpaired) electrons. The van der Waals surface area contributed by atoms with Gasteiger partial charge >= 0.3 is 0 Å². The summed E-state index contributed by atoms with van der Waals surface area (Å²) in [5.74, 6) is 0.403. The Labute approximate surface area is 124 Å². The predicted octanol–water partition coefficient (Wildman–Crippen LogP) is 5.49. The van der Waals surface area contributed by atoms with Gasteiger partial charge in [-0.25, -0.2) is 4.39 Å². The average Bonchev–Trinajstić information content (AvgIpc) is 2.43. The minimum atomic E-state index is -0.204. The highest BCUT2D eigenvalue weighted by Gasteiger charge is 2.14. The van der Waals surface area contributed by atoms with Crippen LogP contribution in [0, 0.1) is 11.7 Å². The van der Waals surface area contributed by atoms with Crippen molar-refractivity contribution in [2.75, 3.05) is 11.9 Å². The molecule has 19 heavy (non-hydrogen) atoms. The van der Waals surface area contributed by atoms with Crippen LogP contribution in [0.25, 0.3) is 0 Å². The van der Waals surface area contributed by atoms with E-state index >= 15 is 0 Å². The second kappa shape index (κ2) is 9.49. The number of alkyl halides is 1. The maximum absolute atomic E-state index is 13.2. The second-order valence-corrected chi connectivity index (χ2v) is 5.60. The monoisotopic (exact) mass is 330 g/mol. The highest BCUT2D eigenvalue weighted by Crippen LogP contribution is 2.23. The molecule has 0 aliphatic carbocycles. The number of halogens is 2. The number of rotatable bonds is 9. The summed E-state index contributed by atoms with van der Waals surface area (Å²) >= 11 is 3.45. The third-order valence-corrected chi connectivity index (χ3v) is 4.03. The zero-order valence-electron chi connectivity index (χ0n) is 11.9. The first-order chi connectivity index (χ1) is 9.21. The SMILES string of the molecule is CCCCC(CC)COC(CBr)c1cccc(F)c1. The third kappa shape index (κ3) is 6.05. The normalized spacial score (nSPS) is 14.3. The van der Waals surface area contributed by atoms with Crippen LogP contribution in [0.3, 0.4) is 0 Å². The smallest absolute Gasteiger partial charge is 0.123 e. The van der Waals surface area contributed by atoms with E-state index in [9.17, 15) is 4.39 Å². The van der Waals surface area contributed by atoms with Gasteiger partial charge in [0.2, 0.25) is 0 Å². The molecular weight excluding hydrogens is 307 g/mol. The molecule has 0 fully saturated rings. The van der Waals surface area contributed by atoms with Gasteiger partial charge in [-0.1, -0.05) is 61.2 Å². The van der Waals surface area contributed by atoms with Crippen LogP contribution < -0.4 is 0 Å². The number of ether oxygens (including phenoxy) is 1. The summed E-state index contributed by atoms with van der Waals surface area (Å²) in [4.78, 5) is 0. The molecule has 2 atom stereocenters. The van der Waals surface area contributed by atoms with E-state index in [2.05, 4.69) is 29.8 Å². The summed E-state index contributed by atoms with van der Waals surface area (Å²) in [5, 5.41) is 0.695. The first-order valence-electron chi connectivity index (χ1n) is 7.14. The Balaban J connectivity index is 2.52. The Morgan fingerprint density at radius 1 is 1.32 bits per heavy atom. The van der Waals surface area contributed by atoms with E-state index in [1.807, 2.05) is 6.07 Å². The zero-order chi connectivity index (χ0) is 14.1. The van der Waals surface area contributed by atoms with Crippen LogP contribution >= 0.6 is 15.9 Å². The molecule has 1 rings (SSSR count). The highest BCUT2D eigenvalue weighted by molar-refractivity contribution is 9.09. The van der Waals surface area contributed by atoms with Crippen molar-refractivity contribution in [3.05, 3.63) is 35.6 Å². The molecule has 0 heterocycles. The van der Waals surface area contributed by atoms with Gasteiger partial charge in [-0.2, -0.15) is 0 Å². The largest absolute Gasteiger partial charge is 0.372 e. The van der Waals surface area contributed by atoms with E-state index in [-0.39, 0.29) is 11.9 Å². The van der Waals surface area contributed by atoms with Gasteiger partial charge in [-0.3, -0.25) is 0 Å². The van der Waals surface area contributed by atoms with Crippen molar-refractivity contribution in [1.29, 1.82) is 0 Å². The molecule has 0 saturated heterocycles. The Kier molecular flexibility index (Phi) is 8.31. The summed E-state index contributed by atoms with van der Waals surface area (Å²) in [7, 11) is 0. The molecule has 2 unspecified atom stereocenters. The molecule has 0 N–H and O–H groups in total. The summed E-state index contributed by atoms with van der Waals surface area (Å²) in [5.41, 5.74) is 0.905. The molecule has 1 aromatic carbocycles. The molecule has 0 bridgehead atoms. The van der Waals surface area contributed by atoms with E-state index in [0.29, 0.717) is 11.2 Å². The summed E-state index contributed by atoms with van der Waals surface area (Å²) < 4.78 is 19.2. The summed E-state index contributed by atoms with van der Waals surface area (Å²) in [6.07, 6.45) is 4.76. The molecule has 0 saturated carbocycles. The minimum absolute atomic E-state index is 0.0635. The lowest BCUT2D eigenvalue weighted by Crippen LogP contribution is -2.14. The van der Waals surface area contributed by atoms with E-state index < -0.39 is 0 Å². The lowest BCUT2D eigenvalue weighted by molar-refractivity contribution is 0.0391. The number of benzene rings is 1. The topological polar surface area (TPSA) is 9.23 Å². The lowest BCUT2D eigenvalue weighted by Gasteiger charge is -2.20. The van der Waals surface area contributed by atoms with Crippen LogP contribution in [-0.2, 0) is 4.74 Å². The fourth-order valence-corrected chi connectivity index (χ4v) is 2.65. The quantitative estimate of drug-likeness (QED) is 0.543. The molecule has 0 amide bonds. The van der Waals surface area contributed by atoms with Crippen LogP contribution in [0.4, 0.5) is 4.39 Å². The molecule has 1 aromatic rings. The van der Waals surface area contributed by atoms with Crippen molar-refractivity contribution in [2.45, 2.75) is 45.6 Å². The van der Waals surface area contributed by atoms with E-state index in [4.69, 9.17) is 4.74 Å². The van der Waals surface area contributed by atoms with Gasteiger partial charge in [0.15, 0.2) is 0 Å². The molecule has 0 spiro atoms. The van der Waals surface area contributed by atoms with Crippen LogP contribution in [-0.4, -0.2) is 11.9 Å². The van der Waals surface area contributed by atoms with Crippen molar-refractivity contribution in [3.63, 3.8) is 0 Å². The molecule has 108 valence electrons. The lowest BCUT2D eigenvalue weighted by atomic mass is 10.0. The number of hydrogen-bond acceptors (Lipinski definition) is 1. The van der Waals surface area contributed by atoms with Crippen LogP contribution in [0.2, 0.25) is 0 Å².